The van der Waals surface area contributed by atoms with Gasteiger partial charge in [-0.3, -0.25) is 9.59 Å². The molecule has 1 saturated heterocycles. The number of aliphatic hydroxyl groups excluding tert-OH is 2. The Morgan fingerprint density at radius 2 is 1.87 bits per heavy atom. The first-order valence-corrected chi connectivity index (χ1v) is 16.8. The third-order valence-corrected chi connectivity index (χ3v) is 12.9. The summed E-state index contributed by atoms with van der Waals surface area (Å²) in [6.07, 6.45) is -1.54. The van der Waals surface area contributed by atoms with E-state index < -0.39 is 76.8 Å². The summed E-state index contributed by atoms with van der Waals surface area (Å²) in [6, 6.07) is 12.5. The number of fused-ring (bicyclic) bond motifs is 7. The van der Waals surface area contributed by atoms with Crippen LogP contribution >= 0.6 is 23.4 Å². The second kappa shape index (κ2) is 11.0. The van der Waals surface area contributed by atoms with E-state index in [0.29, 0.717) is 11.3 Å². The summed E-state index contributed by atoms with van der Waals surface area (Å²) in [5.41, 5.74) is -5.04. The predicted molar refractivity (Wildman–Crippen MR) is 167 cm³/mol. The van der Waals surface area contributed by atoms with Crippen LogP contribution in [0.4, 0.5) is 8.78 Å². The summed E-state index contributed by atoms with van der Waals surface area (Å²) in [7, 11) is 0. The molecule has 244 valence electrons. The largest absolute Gasteiger partial charge is 0.506 e. The molecule has 1 aliphatic heterocycles. The van der Waals surface area contributed by atoms with Crippen LogP contribution in [-0.4, -0.2) is 63.1 Å². The number of ketones is 2. The first kappa shape index (κ1) is 32.0. The highest BCUT2D eigenvalue weighted by atomic mass is 35.5. The Bertz CT molecular complexity index is 1670. The molecule has 1 heterocycles. The molecule has 10 atom stereocenters. The summed E-state index contributed by atoms with van der Waals surface area (Å²) in [6.45, 7) is 2.45. The van der Waals surface area contributed by atoms with Gasteiger partial charge in [0.25, 0.3) is 0 Å². The van der Waals surface area contributed by atoms with Crippen molar-refractivity contribution >= 4 is 34.9 Å². The summed E-state index contributed by atoms with van der Waals surface area (Å²) >= 11 is 7.57. The van der Waals surface area contributed by atoms with E-state index in [4.69, 9.17) is 21.1 Å². The van der Waals surface area contributed by atoms with Gasteiger partial charge < -0.3 is 24.8 Å². The fourth-order valence-corrected chi connectivity index (χ4v) is 10.4. The number of phenols is 1. The minimum absolute atomic E-state index is 0.0195. The molecule has 46 heavy (non-hydrogen) atoms. The molecule has 3 saturated carbocycles. The van der Waals surface area contributed by atoms with Crippen molar-refractivity contribution in [2.75, 3.05) is 6.61 Å². The van der Waals surface area contributed by atoms with E-state index in [1.807, 2.05) is 24.3 Å². The number of carbonyl (C=O) groups excluding carboxylic acids is 2. The van der Waals surface area contributed by atoms with Crippen LogP contribution < -0.4 is 0 Å². The number of aromatic hydroxyl groups is 1. The number of alkyl halides is 2. The lowest BCUT2D eigenvalue weighted by atomic mass is 9.44. The van der Waals surface area contributed by atoms with E-state index in [1.54, 1.807) is 36.9 Å². The Morgan fingerprint density at radius 1 is 1.13 bits per heavy atom. The smallest absolute Gasteiger partial charge is 0.193 e. The van der Waals surface area contributed by atoms with Crippen molar-refractivity contribution in [3.05, 3.63) is 82.4 Å². The molecular formula is C35H35ClF2O7S. The van der Waals surface area contributed by atoms with Gasteiger partial charge in [-0.2, -0.15) is 0 Å². The van der Waals surface area contributed by atoms with Gasteiger partial charge in [0.15, 0.2) is 29.1 Å². The Hall–Kier alpha value is -2.60. The fourth-order valence-electron chi connectivity index (χ4n) is 9.23. The van der Waals surface area contributed by atoms with Crippen LogP contribution in [0.25, 0.3) is 0 Å². The number of phenolic OH excluding ortho intramolecular Hbond substituents is 1. The number of benzene rings is 2. The van der Waals surface area contributed by atoms with Crippen molar-refractivity contribution in [3.8, 4) is 5.75 Å². The summed E-state index contributed by atoms with van der Waals surface area (Å²) in [4.78, 5) is 26.7. The Kier molecular flexibility index (Phi) is 7.62. The molecule has 0 bridgehead atoms. The third kappa shape index (κ3) is 4.30. The fraction of sp³-hybridized carbons (Fsp3) is 0.486. The van der Waals surface area contributed by atoms with Gasteiger partial charge in [-0.25, -0.2) is 8.78 Å². The zero-order valence-electron chi connectivity index (χ0n) is 25.3. The highest BCUT2D eigenvalue weighted by molar-refractivity contribution is 7.98. The normalized spacial score (nSPS) is 40.9. The van der Waals surface area contributed by atoms with Crippen molar-refractivity contribution in [3.63, 3.8) is 0 Å². The monoisotopic (exact) mass is 672 g/mol. The van der Waals surface area contributed by atoms with Crippen LogP contribution in [0.1, 0.15) is 50.5 Å². The van der Waals surface area contributed by atoms with Crippen LogP contribution in [0.5, 0.6) is 5.75 Å². The van der Waals surface area contributed by atoms with Crippen molar-refractivity contribution in [2.24, 2.45) is 22.7 Å². The van der Waals surface area contributed by atoms with E-state index in [1.165, 1.54) is 19.1 Å². The van der Waals surface area contributed by atoms with Gasteiger partial charge in [-0.15, -0.1) is 11.8 Å². The summed E-state index contributed by atoms with van der Waals surface area (Å²) < 4.78 is 46.3. The zero-order valence-corrected chi connectivity index (χ0v) is 26.9. The number of allylic oxidation sites excluding steroid dienone is 4. The number of hydrogen-bond donors (Lipinski definition) is 3. The second-order valence-corrected chi connectivity index (χ2v) is 15.1. The highest BCUT2D eigenvalue weighted by Gasteiger charge is 2.80. The Labute approximate surface area is 274 Å². The number of Topliss-reactive ketones (excluding diaryl/α,β-unsaturated/α-hetero) is 1. The lowest BCUT2D eigenvalue weighted by Crippen LogP contribution is -2.70. The van der Waals surface area contributed by atoms with Gasteiger partial charge in [0.1, 0.15) is 18.5 Å². The second-order valence-electron chi connectivity index (χ2n) is 13.6. The molecule has 11 heteroatoms. The molecule has 0 spiro atoms. The average Bonchev–Trinajstić information content (AvgIpc) is 3.53. The molecule has 7 nitrogen and oxygen atoms in total. The minimum atomic E-state index is -2.30. The maximum absolute atomic E-state index is 17.6. The van der Waals surface area contributed by atoms with Crippen molar-refractivity contribution < 1.29 is 43.2 Å². The van der Waals surface area contributed by atoms with Crippen LogP contribution in [0.3, 0.4) is 0 Å². The number of hydrogen-bond acceptors (Lipinski definition) is 8. The molecular weight excluding hydrogens is 638 g/mol. The van der Waals surface area contributed by atoms with Crippen LogP contribution in [0.2, 0.25) is 5.02 Å². The van der Waals surface area contributed by atoms with Crippen LogP contribution in [-0.2, 0) is 24.8 Å². The van der Waals surface area contributed by atoms with E-state index in [9.17, 15) is 24.9 Å². The molecule has 0 radical (unpaired) electrons. The zero-order chi connectivity index (χ0) is 32.8. The number of aliphatic hydroxyl groups is 2. The topological polar surface area (TPSA) is 113 Å². The number of halogens is 3. The van der Waals surface area contributed by atoms with E-state index in [2.05, 4.69) is 0 Å². The molecule has 3 N–H and O–H groups in total. The molecule has 4 aliphatic carbocycles. The maximum atomic E-state index is 17.6. The molecule has 4 fully saturated rings. The molecule has 7 rings (SSSR count). The Balaban J connectivity index is 1.16. The maximum Gasteiger partial charge on any atom is 0.193 e. The highest BCUT2D eigenvalue weighted by Crippen LogP contribution is 2.72. The SMILES string of the molecule is C[C@]12C=CC(=O)C=C1[C@@H](F)C[C@H]1[C@@H]3C[C@H]4O[C@@H](c5ccc(CSc6ccc(O)c(Cl)c6)cc5)O[C@@]4(C(=O)CO)[C@@]3(C)C[C@H](O)C12F. The van der Waals surface area contributed by atoms with Gasteiger partial charge in [0.05, 0.1) is 17.2 Å². The van der Waals surface area contributed by atoms with Crippen LogP contribution in [0.15, 0.2) is 71.2 Å². The van der Waals surface area contributed by atoms with Gasteiger partial charge in [-0.1, -0.05) is 48.9 Å². The predicted octanol–water partition coefficient (Wildman–Crippen LogP) is 5.98. The lowest BCUT2D eigenvalue weighted by molar-refractivity contribution is -0.235. The first-order chi connectivity index (χ1) is 21.8. The summed E-state index contributed by atoms with van der Waals surface area (Å²) in [5, 5.41) is 31.8. The summed E-state index contributed by atoms with van der Waals surface area (Å²) in [5.74, 6) is -2.01. The molecule has 0 aromatic heterocycles. The van der Waals surface area contributed by atoms with Gasteiger partial charge in [0, 0.05) is 33.0 Å². The minimum Gasteiger partial charge on any atom is -0.506 e. The third-order valence-electron chi connectivity index (χ3n) is 11.5. The van der Waals surface area contributed by atoms with E-state index in [0.717, 1.165) is 16.5 Å². The van der Waals surface area contributed by atoms with Gasteiger partial charge in [0.2, 0.25) is 0 Å². The molecule has 5 aliphatic rings. The van der Waals surface area contributed by atoms with Gasteiger partial charge in [-0.05, 0) is 73.6 Å². The first-order valence-electron chi connectivity index (χ1n) is 15.4. The van der Waals surface area contributed by atoms with E-state index >= 15 is 8.78 Å². The Morgan fingerprint density at radius 3 is 2.57 bits per heavy atom. The quantitative estimate of drug-likeness (QED) is 0.322. The molecule has 2 aromatic rings. The average molecular weight is 673 g/mol. The molecule has 1 unspecified atom stereocenters. The molecule has 0 amide bonds. The van der Waals surface area contributed by atoms with Gasteiger partial charge >= 0.3 is 0 Å². The standard InChI is InChI=1S/C35H35ClF2O7S/c1-32-10-9-20(40)11-24(32)26(37)13-23-22-14-30-35(29(43)16-39,33(22,2)15-28(42)34(23,32)38)45-31(44-30)19-5-3-18(4-6-19)17-46-21-7-8-27(41)25(36)12-21/h3-12,22-23,26,28,30-31,39,41-42H,13-17H2,1-2H3/t22-,23-,26-,28-,30+,31+,32-,33-,34?,35+/m0/s1. The number of rotatable bonds is 6. The molecule has 2 aromatic carbocycles. The van der Waals surface area contributed by atoms with Crippen molar-refractivity contribution in [1.29, 1.82) is 0 Å². The van der Waals surface area contributed by atoms with E-state index in [-0.39, 0.29) is 35.6 Å². The van der Waals surface area contributed by atoms with Crippen LogP contribution in [0, 0.1) is 22.7 Å². The van der Waals surface area contributed by atoms with Crippen molar-refractivity contribution in [2.45, 2.75) is 79.7 Å². The number of ether oxygens (including phenoxy) is 2. The van der Waals surface area contributed by atoms with Crippen molar-refractivity contribution in [1.82, 2.24) is 0 Å². The number of thioether (sulfide) groups is 1. The number of carbonyl (C=O) groups is 2. The lowest BCUT2D eigenvalue weighted by Gasteiger charge is -2.63.